The molecule has 2 rings (SSSR count). The van der Waals surface area contributed by atoms with Gasteiger partial charge in [0.25, 0.3) is 0 Å². The Bertz CT molecular complexity index is 677. The molecule has 2 aromatic rings. The van der Waals surface area contributed by atoms with E-state index in [1.54, 1.807) is 19.3 Å². The van der Waals surface area contributed by atoms with Crippen LogP contribution in [0.1, 0.15) is 16.8 Å². The molecule has 2 aromatic heterocycles. The van der Waals surface area contributed by atoms with Gasteiger partial charge in [0.05, 0.1) is 5.02 Å². The van der Waals surface area contributed by atoms with E-state index in [0.717, 1.165) is 11.1 Å². The lowest BCUT2D eigenvalue weighted by molar-refractivity contribution is -0.137. The molecule has 1 N–H and O–H groups in total. The van der Waals surface area contributed by atoms with Crippen LogP contribution in [0.2, 0.25) is 5.02 Å². The summed E-state index contributed by atoms with van der Waals surface area (Å²) < 4.78 is 4.90. The number of carbonyl (C=O) groups excluding carboxylic acids is 1. The fraction of sp³-hybridized carbons (Fsp3) is 0.286. The van der Waals surface area contributed by atoms with Crippen LogP contribution in [0.4, 0.5) is 0 Å². The maximum absolute atomic E-state index is 11.1. The van der Waals surface area contributed by atoms with Crippen molar-refractivity contribution in [3.63, 3.8) is 0 Å². The van der Waals surface area contributed by atoms with Gasteiger partial charge in [-0.1, -0.05) is 23.4 Å². The molecule has 116 valence electrons. The summed E-state index contributed by atoms with van der Waals surface area (Å²) in [5, 5.41) is 9.76. The topological polar surface area (TPSA) is 85.2 Å². The van der Waals surface area contributed by atoms with E-state index < -0.39 is 12.6 Å². The molecule has 0 saturated heterocycles. The number of aliphatic hydroxyl groups is 1. The molecule has 0 amide bonds. The number of rotatable bonds is 5. The summed E-state index contributed by atoms with van der Waals surface area (Å²) >= 11 is 7.51. The molecular weight excluding hydrogens is 326 g/mol. The van der Waals surface area contributed by atoms with E-state index in [2.05, 4.69) is 15.0 Å². The minimum atomic E-state index is -0.762. The maximum Gasteiger partial charge on any atom is 0.338 e. The fourth-order valence-electron chi connectivity index (χ4n) is 1.66. The SMILES string of the molecule is Cc1cc(OC(=O)CO)nc(SCc2c(C)cncc2Cl)n1. The molecule has 0 aliphatic carbocycles. The zero-order valence-corrected chi connectivity index (χ0v) is 13.6. The van der Waals surface area contributed by atoms with Crippen molar-refractivity contribution in [2.45, 2.75) is 24.8 Å². The molecule has 0 fully saturated rings. The second-order valence-electron chi connectivity index (χ2n) is 4.47. The molecule has 0 saturated carbocycles. The summed E-state index contributed by atoms with van der Waals surface area (Å²) in [6.07, 6.45) is 3.34. The van der Waals surface area contributed by atoms with Crippen molar-refractivity contribution in [3.05, 3.63) is 40.3 Å². The lowest BCUT2D eigenvalue weighted by atomic mass is 10.2. The number of pyridine rings is 1. The first-order chi connectivity index (χ1) is 10.5. The van der Waals surface area contributed by atoms with Crippen LogP contribution in [0.25, 0.3) is 0 Å². The van der Waals surface area contributed by atoms with E-state index in [1.165, 1.54) is 17.8 Å². The van der Waals surface area contributed by atoms with E-state index in [9.17, 15) is 4.79 Å². The predicted molar refractivity (Wildman–Crippen MR) is 83.0 cm³/mol. The van der Waals surface area contributed by atoms with E-state index in [0.29, 0.717) is 21.6 Å². The lowest BCUT2D eigenvalue weighted by Gasteiger charge is -2.08. The minimum absolute atomic E-state index is 0.117. The van der Waals surface area contributed by atoms with Gasteiger partial charge < -0.3 is 9.84 Å². The van der Waals surface area contributed by atoms with Crippen LogP contribution in [0.15, 0.2) is 23.6 Å². The highest BCUT2D eigenvalue weighted by Crippen LogP contribution is 2.27. The van der Waals surface area contributed by atoms with E-state index in [1.807, 2.05) is 6.92 Å². The Morgan fingerprint density at radius 2 is 2.14 bits per heavy atom. The third kappa shape index (κ3) is 4.40. The molecule has 0 radical (unpaired) electrons. The molecule has 2 heterocycles. The largest absolute Gasteiger partial charge is 0.406 e. The second-order valence-corrected chi connectivity index (χ2v) is 5.82. The number of ether oxygens (including phenoxy) is 1. The Hall–Kier alpha value is -1.70. The van der Waals surface area contributed by atoms with Crippen molar-refractivity contribution in [2.24, 2.45) is 0 Å². The summed E-state index contributed by atoms with van der Waals surface area (Å²) in [4.78, 5) is 23.5. The van der Waals surface area contributed by atoms with Gasteiger partial charge in [-0.05, 0) is 25.0 Å². The van der Waals surface area contributed by atoms with Crippen LogP contribution in [0.3, 0.4) is 0 Å². The molecule has 0 unspecified atom stereocenters. The molecule has 22 heavy (non-hydrogen) atoms. The third-order valence-corrected chi connectivity index (χ3v) is 3.92. The molecule has 6 nitrogen and oxygen atoms in total. The zero-order valence-electron chi connectivity index (χ0n) is 12.0. The maximum atomic E-state index is 11.1. The number of hydrogen-bond donors (Lipinski definition) is 1. The highest BCUT2D eigenvalue weighted by molar-refractivity contribution is 7.98. The first-order valence-electron chi connectivity index (χ1n) is 6.38. The minimum Gasteiger partial charge on any atom is -0.406 e. The van der Waals surface area contributed by atoms with Gasteiger partial charge >= 0.3 is 5.97 Å². The summed E-state index contributed by atoms with van der Waals surface area (Å²) in [6.45, 7) is 3.00. The molecule has 0 aromatic carbocycles. The van der Waals surface area contributed by atoms with Gasteiger partial charge in [0.2, 0.25) is 5.88 Å². The Morgan fingerprint density at radius 1 is 1.36 bits per heavy atom. The molecule has 0 atom stereocenters. The summed E-state index contributed by atoms with van der Waals surface area (Å²) in [7, 11) is 0. The average molecular weight is 340 g/mol. The third-order valence-electron chi connectivity index (χ3n) is 2.72. The molecule has 0 aliphatic heterocycles. The van der Waals surface area contributed by atoms with E-state index >= 15 is 0 Å². The van der Waals surface area contributed by atoms with Gasteiger partial charge in [0.15, 0.2) is 5.16 Å². The number of thioether (sulfide) groups is 1. The van der Waals surface area contributed by atoms with Gasteiger partial charge in [-0.25, -0.2) is 9.78 Å². The van der Waals surface area contributed by atoms with Crippen molar-refractivity contribution in [3.8, 4) is 5.88 Å². The lowest BCUT2D eigenvalue weighted by Crippen LogP contribution is -2.13. The van der Waals surface area contributed by atoms with Gasteiger partial charge in [0, 0.05) is 29.9 Å². The number of halogens is 1. The van der Waals surface area contributed by atoms with Crippen molar-refractivity contribution in [1.82, 2.24) is 15.0 Å². The molecular formula is C14H14ClN3O3S. The fourth-order valence-corrected chi connectivity index (χ4v) is 3.03. The Kier molecular flexibility index (Phi) is 5.70. The molecule has 0 spiro atoms. The van der Waals surface area contributed by atoms with Crippen LogP contribution < -0.4 is 4.74 Å². The summed E-state index contributed by atoms with van der Waals surface area (Å²) in [5.41, 5.74) is 2.61. The summed E-state index contributed by atoms with van der Waals surface area (Å²) in [5.74, 6) is -0.0713. The Balaban J connectivity index is 2.14. The smallest absolute Gasteiger partial charge is 0.338 e. The molecule has 8 heteroatoms. The van der Waals surface area contributed by atoms with Crippen LogP contribution in [-0.2, 0) is 10.5 Å². The van der Waals surface area contributed by atoms with Crippen molar-refractivity contribution in [2.75, 3.05) is 6.61 Å². The normalized spacial score (nSPS) is 10.5. The van der Waals surface area contributed by atoms with E-state index in [-0.39, 0.29) is 5.88 Å². The van der Waals surface area contributed by atoms with Crippen LogP contribution >= 0.6 is 23.4 Å². The number of aryl methyl sites for hydroxylation is 2. The quantitative estimate of drug-likeness (QED) is 0.508. The zero-order chi connectivity index (χ0) is 16.1. The number of hydrogen-bond acceptors (Lipinski definition) is 7. The Morgan fingerprint density at radius 3 is 2.82 bits per heavy atom. The first-order valence-corrected chi connectivity index (χ1v) is 7.75. The number of nitrogens with zero attached hydrogens (tertiary/aromatic N) is 3. The molecule has 0 aliphatic rings. The standard InChI is InChI=1S/C14H14ClN3O3S/c1-8-4-16-5-11(15)10(8)7-22-14-17-9(2)3-12(18-14)21-13(20)6-19/h3-5,19H,6-7H2,1-2H3. The van der Waals surface area contributed by atoms with Gasteiger partial charge in [-0.15, -0.1) is 0 Å². The summed E-state index contributed by atoms with van der Waals surface area (Å²) in [6, 6.07) is 1.53. The number of esters is 1. The highest BCUT2D eigenvalue weighted by Gasteiger charge is 2.10. The predicted octanol–water partition coefficient (Wildman–Crippen LogP) is 2.33. The van der Waals surface area contributed by atoms with Gasteiger partial charge in [0.1, 0.15) is 6.61 Å². The number of aromatic nitrogens is 3. The molecule has 0 bridgehead atoms. The van der Waals surface area contributed by atoms with Crippen LogP contribution in [0, 0.1) is 13.8 Å². The van der Waals surface area contributed by atoms with Gasteiger partial charge in [-0.3, -0.25) is 4.98 Å². The van der Waals surface area contributed by atoms with Crippen molar-refractivity contribution >= 4 is 29.3 Å². The first kappa shape index (κ1) is 16.7. The second kappa shape index (κ2) is 7.53. The monoisotopic (exact) mass is 339 g/mol. The number of carbonyl (C=O) groups is 1. The average Bonchev–Trinajstić information content (AvgIpc) is 2.46. The highest BCUT2D eigenvalue weighted by atomic mass is 35.5. The Labute approximate surface area is 136 Å². The number of aliphatic hydroxyl groups excluding tert-OH is 1. The van der Waals surface area contributed by atoms with Crippen LogP contribution in [-0.4, -0.2) is 32.6 Å². The van der Waals surface area contributed by atoms with Crippen LogP contribution in [0.5, 0.6) is 5.88 Å². The van der Waals surface area contributed by atoms with Gasteiger partial charge in [-0.2, -0.15) is 4.98 Å². The van der Waals surface area contributed by atoms with Crippen molar-refractivity contribution in [1.29, 1.82) is 0 Å². The van der Waals surface area contributed by atoms with Crippen molar-refractivity contribution < 1.29 is 14.6 Å². The van der Waals surface area contributed by atoms with E-state index in [4.69, 9.17) is 21.4 Å².